The largest absolute Gasteiger partial charge is 0.496 e. The summed E-state index contributed by atoms with van der Waals surface area (Å²) in [7, 11) is -1.64. The van der Waals surface area contributed by atoms with Crippen LogP contribution < -0.4 is 15.0 Å². The number of methoxy groups -OCH3 is 1. The first-order valence-corrected chi connectivity index (χ1v) is 10.9. The minimum Gasteiger partial charge on any atom is -0.496 e. The molecular formula is C20H25N3O4S. The summed E-state index contributed by atoms with van der Waals surface area (Å²) < 4.78 is 30.3. The number of carbonyl (C=O) groups is 1. The smallest absolute Gasteiger partial charge is 0.259 e. The van der Waals surface area contributed by atoms with Crippen molar-refractivity contribution in [3.8, 4) is 5.75 Å². The van der Waals surface area contributed by atoms with Crippen LogP contribution in [0.1, 0.15) is 15.9 Å². The maximum Gasteiger partial charge on any atom is 0.259 e. The zero-order valence-electron chi connectivity index (χ0n) is 16.3. The van der Waals surface area contributed by atoms with Crippen molar-refractivity contribution in [1.82, 2.24) is 4.31 Å². The number of nitrogens with one attached hydrogen (secondary N) is 1. The van der Waals surface area contributed by atoms with Gasteiger partial charge >= 0.3 is 0 Å². The molecule has 2 aromatic carbocycles. The van der Waals surface area contributed by atoms with Crippen molar-refractivity contribution in [3.05, 3.63) is 53.6 Å². The number of amides is 1. The highest BCUT2D eigenvalue weighted by Gasteiger charge is 2.25. The summed E-state index contributed by atoms with van der Waals surface area (Å²) in [5.41, 5.74) is 2.92. The van der Waals surface area contributed by atoms with Crippen molar-refractivity contribution < 1.29 is 17.9 Å². The molecule has 0 radical (unpaired) electrons. The summed E-state index contributed by atoms with van der Waals surface area (Å²) in [6, 6.07) is 13.0. The fourth-order valence-electron chi connectivity index (χ4n) is 3.41. The lowest BCUT2D eigenvalue weighted by Crippen LogP contribution is -2.48. The molecule has 8 heteroatoms. The van der Waals surface area contributed by atoms with Gasteiger partial charge in [0.15, 0.2) is 0 Å². The first-order chi connectivity index (χ1) is 13.3. The van der Waals surface area contributed by atoms with Gasteiger partial charge in [-0.15, -0.1) is 0 Å². The van der Waals surface area contributed by atoms with E-state index in [1.165, 1.54) is 10.6 Å². The van der Waals surface area contributed by atoms with E-state index in [1.54, 1.807) is 13.2 Å². The molecule has 0 saturated carbocycles. The van der Waals surface area contributed by atoms with Gasteiger partial charge in [-0.1, -0.05) is 24.3 Å². The summed E-state index contributed by atoms with van der Waals surface area (Å²) >= 11 is 0. The predicted molar refractivity (Wildman–Crippen MR) is 111 cm³/mol. The van der Waals surface area contributed by atoms with Crippen LogP contribution in [0, 0.1) is 6.92 Å². The Morgan fingerprint density at radius 2 is 1.71 bits per heavy atom. The normalized spacial score (nSPS) is 15.3. The van der Waals surface area contributed by atoms with Gasteiger partial charge in [0, 0.05) is 26.2 Å². The van der Waals surface area contributed by atoms with Crippen LogP contribution >= 0.6 is 0 Å². The Hall–Kier alpha value is -2.58. The molecule has 1 saturated heterocycles. The highest BCUT2D eigenvalue weighted by molar-refractivity contribution is 7.88. The molecule has 0 unspecified atom stereocenters. The number of anilines is 2. The van der Waals surface area contributed by atoms with E-state index in [4.69, 9.17) is 4.74 Å². The number of nitrogens with zero attached hydrogens (tertiary/aromatic N) is 2. The fraction of sp³-hybridized carbons (Fsp3) is 0.350. The summed E-state index contributed by atoms with van der Waals surface area (Å²) in [4.78, 5) is 15.0. The highest BCUT2D eigenvalue weighted by atomic mass is 32.2. The van der Waals surface area contributed by atoms with Gasteiger partial charge in [-0.05, 0) is 30.7 Å². The summed E-state index contributed by atoms with van der Waals surface area (Å²) in [6.07, 6.45) is 1.23. The van der Waals surface area contributed by atoms with Crippen LogP contribution in [0.5, 0.6) is 5.75 Å². The van der Waals surface area contributed by atoms with E-state index in [1.807, 2.05) is 43.3 Å². The second-order valence-electron chi connectivity index (χ2n) is 6.78. The van der Waals surface area contributed by atoms with Crippen LogP contribution in [-0.4, -0.2) is 58.2 Å². The van der Waals surface area contributed by atoms with Gasteiger partial charge in [-0.3, -0.25) is 4.79 Å². The van der Waals surface area contributed by atoms with E-state index >= 15 is 0 Å². The van der Waals surface area contributed by atoms with E-state index < -0.39 is 10.0 Å². The number of carbonyl (C=O) groups excluding carboxylic acids is 1. The molecule has 1 amide bonds. The molecule has 150 valence electrons. The zero-order chi connectivity index (χ0) is 20.3. The van der Waals surface area contributed by atoms with E-state index in [9.17, 15) is 13.2 Å². The molecule has 1 aliphatic heterocycles. The summed E-state index contributed by atoms with van der Waals surface area (Å²) in [5.74, 6) is 0.307. The molecule has 0 spiro atoms. The molecule has 28 heavy (non-hydrogen) atoms. The third-order valence-corrected chi connectivity index (χ3v) is 6.16. The van der Waals surface area contributed by atoms with Gasteiger partial charge in [-0.25, -0.2) is 8.42 Å². The Labute approximate surface area is 166 Å². The number of sulfonamides is 1. The molecule has 3 rings (SSSR count). The molecule has 0 aromatic heterocycles. The molecule has 1 N–H and O–H groups in total. The maximum atomic E-state index is 12.9. The fourth-order valence-corrected chi connectivity index (χ4v) is 4.23. The number of hydrogen-bond donors (Lipinski definition) is 1. The van der Waals surface area contributed by atoms with Crippen molar-refractivity contribution in [2.24, 2.45) is 0 Å². The standard InChI is InChI=1S/C20H25N3O4S/c1-15-7-6-8-16(19(15)27-2)20(24)21-17-9-4-5-10-18(17)22-11-13-23(14-12-22)28(3,25)26/h4-10H,11-14H2,1-3H3,(H,21,24). The van der Waals surface area contributed by atoms with E-state index in [2.05, 4.69) is 10.2 Å². The SMILES string of the molecule is COc1c(C)cccc1C(=O)Nc1ccccc1N1CCN(S(C)(=O)=O)CC1. The molecule has 7 nitrogen and oxygen atoms in total. The van der Waals surface area contributed by atoms with Crippen LogP contribution in [0.4, 0.5) is 11.4 Å². The molecule has 2 aromatic rings. The van der Waals surface area contributed by atoms with Crippen molar-refractivity contribution >= 4 is 27.3 Å². The second kappa shape index (κ2) is 8.20. The lowest BCUT2D eigenvalue weighted by Gasteiger charge is -2.35. The predicted octanol–water partition coefficient (Wildman–Crippen LogP) is 2.34. The Balaban J connectivity index is 1.80. The summed E-state index contributed by atoms with van der Waals surface area (Å²) in [6.45, 7) is 3.87. The first-order valence-electron chi connectivity index (χ1n) is 9.05. The summed E-state index contributed by atoms with van der Waals surface area (Å²) in [5, 5.41) is 2.98. The van der Waals surface area contributed by atoms with Gasteiger partial charge in [0.2, 0.25) is 10.0 Å². The van der Waals surface area contributed by atoms with Crippen molar-refractivity contribution in [2.75, 3.05) is 49.8 Å². The van der Waals surface area contributed by atoms with Crippen molar-refractivity contribution in [2.45, 2.75) is 6.92 Å². The number of rotatable bonds is 5. The number of hydrogen-bond acceptors (Lipinski definition) is 5. The number of aryl methyl sites for hydroxylation is 1. The molecule has 0 aliphatic carbocycles. The molecule has 0 bridgehead atoms. The van der Waals surface area contributed by atoms with Crippen LogP contribution in [0.25, 0.3) is 0 Å². The molecule has 1 aliphatic rings. The highest BCUT2D eigenvalue weighted by Crippen LogP contribution is 2.29. The van der Waals surface area contributed by atoms with Crippen LogP contribution in [0.15, 0.2) is 42.5 Å². The van der Waals surface area contributed by atoms with Gasteiger partial charge in [0.05, 0.1) is 30.3 Å². The lowest BCUT2D eigenvalue weighted by atomic mass is 10.1. The maximum absolute atomic E-state index is 12.9. The first kappa shape index (κ1) is 20.2. The molecule has 0 atom stereocenters. The van der Waals surface area contributed by atoms with Crippen molar-refractivity contribution in [1.29, 1.82) is 0 Å². The average Bonchev–Trinajstić information content (AvgIpc) is 2.67. The Morgan fingerprint density at radius 3 is 2.36 bits per heavy atom. The topological polar surface area (TPSA) is 79.0 Å². The number of benzene rings is 2. The monoisotopic (exact) mass is 403 g/mol. The lowest BCUT2D eigenvalue weighted by molar-refractivity contribution is 0.102. The van der Waals surface area contributed by atoms with Gasteiger partial charge in [-0.2, -0.15) is 4.31 Å². The quantitative estimate of drug-likeness (QED) is 0.829. The van der Waals surface area contributed by atoms with Gasteiger partial charge in [0.1, 0.15) is 5.75 Å². The van der Waals surface area contributed by atoms with Crippen LogP contribution in [0.2, 0.25) is 0 Å². The Kier molecular flexibility index (Phi) is 5.90. The third-order valence-electron chi connectivity index (χ3n) is 4.86. The molecule has 1 heterocycles. The van der Waals surface area contributed by atoms with Crippen molar-refractivity contribution in [3.63, 3.8) is 0 Å². The minimum atomic E-state index is -3.19. The molecular weight excluding hydrogens is 378 g/mol. The van der Waals surface area contributed by atoms with E-state index in [0.29, 0.717) is 43.2 Å². The third kappa shape index (κ3) is 4.28. The minimum absolute atomic E-state index is 0.247. The Morgan fingerprint density at radius 1 is 1.04 bits per heavy atom. The van der Waals surface area contributed by atoms with E-state index in [0.717, 1.165) is 11.3 Å². The van der Waals surface area contributed by atoms with Crippen LogP contribution in [-0.2, 0) is 10.0 Å². The van der Waals surface area contributed by atoms with Gasteiger partial charge < -0.3 is 15.0 Å². The number of ether oxygens (including phenoxy) is 1. The zero-order valence-corrected chi connectivity index (χ0v) is 17.1. The molecule has 1 fully saturated rings. The number of piperazine rings is 1. The second-order valence-corrected chi connectivity index (χ2v) is 8.76. The van der Waals surface area contributed by atoms with Gasteiger partial charge in [0.25, 0.3) is 5.91 Å². The average molecular weight is 404 g/mol. The number of para-hydroxylation sites is 3. The van der Waals surface area contributed by atoms with E-state index in [-0.39, 0.29) is 5.91 Å². The van der Waals surface area contributed by atoms with Crippen LogP contribution in [0.3, 0.4) is 0 Å². The Bertz CT molecular complexity index is 967.